The second-order valence-corrected chi connectivity index (χ2v) is 4.04. The molecule has 0 N–H and O–H groups in total. The van der Waals surface area contributed by atoms with Gasteiger partial charge >= 0.3 is 0 Å². The number of aldehydes is 1. The summed E-state index contributed by atoms with van der Waals surface area (Å²) in [4.78, 5) is 21.5. The Labute approximate surface area is 73.3 Å². The second kappa shape index (κ2) is 3.38. The SMILES string of the molecule is CCC1CC(C)(C(=O)CC=O)C1. The average molecular weight is 168 g/mol. The molecule has 2 heteroatoms. The van der Waals surface area contributed by atoms with Gasteiger partial charge in [0.05, 0.1) is 6.42 Å². The smallest absolute Gasteiger partial charge is 0.145 e. The van der Waals surface area contributed by atoms with Crippen LogP contribution in [0.2, 0.25) is 0 Å². The topological polar surface area (TPSA) is 34.1 Å². The minimum Gasteiger partial charge on any atom is -0.303 e. The fourth-order valence-electron chi connectivity index (χ4n) is 2.05. The summed E-state index contributed by atoms with van der Waals surface area (Å²) in [5.41, 5.74) is -0.165. The van der Waals surface area contributed by atoms with Gasteiger partial charge in [0.1, 0.15) is 12.1 Å². The van der Waals surface area contributed by atoms with Crippen LogP contribution in [0.4, 0.5) is 0 Å². The zero-order chi connectivity index (χ0) is 9.19. The van der Waals surface area contributed by atoms with Gasteiger partial charge in [-0.2, -0.15) is 0 Å². The Morgan fingerprint density at radius 1 is 1.58 bits per heavy atom. The molecule has 1 saturated carbocycles. The van der Waals surface area contributed by atoms with E-state index in [1.807, 2.05) is 6.92 Å². The molecule has 0 heterocycles. The molecule has 0 radical (unpaired) electrons. The first-order chi connectivity index (χ1) is 5.62. The molecule has 0 aromatic heterocycles. The lowest BCUT2D eigenvalue weighted by Gasteiger charge is -2.43. The van der Waals surface area contributed by atoms with E-state index in [0.29, 0.717) is 12.2 Å². The summed E-state index contributed by atoms with van der Waals surface area (Å²) in [6.07, 6.45) is 3.94. The van der Waals surface area contributed by atoms with E-state index in [0.717, 1.165) is 19.3 Å². The first-order valence-corrected chi connectivity index (χ1v) is 4.59. The number of carbonyl (C=O) groups excluding carboxylic acids is 2. The number of rotatable bonds is 4. The Morgan fingerprint density at radius 3 is 2.58 bits per heavy atom. The van der Waals surface area contributed by atoms with Crippen molar-refractivity contribution in [2.24, 2.45) is 11.3 Å². The maximum atomic E-state index is 11.4. The molecule has 12 heavy (non-hydrogen) atoms. The Balaban J connectivity index is 2.43. The van der Waals surface area contributed by atoms with Crippen LogP contribution in [0.5, 0.6) is 0 Å². The molecular weight excluding hydrogens is 152 g/mol. The largest absolute Gasteiger partial charge is 0.303 e. The molecule has 0 atom stereocenters. The fraction of sp³-hybridized carbons (Fsp3) is 0.800. The number of Topliss-reactive ketones (excluding diaryl/α,β-unsaturated/α-hetero) is 1. The average Bonchev–Trinajstić information content (AvgIpc) is 1.99. The lowest BCUT2D eigenvalue weighted by Crippen LogP contribution is -2.41. The van der Waals surface area contributed by atoms with Crippen molar-refractivity contribution in [2.75, 3.05) is 0 Å². The highest BCUT2D eigenvalue weighted by Gasteiger charge is 2.44. The van der Waals surface area contributed by atoms with Crippen LogP contribution >= 0.6 is 0 Å². The van der Waals surface area contributed by atoms with Gasteiger partial charge in [0.15, 0.2) is 0 Å². The van der Waals surface area contributed by atoms with Crippen LogP contribution in [0, 0.1) is 11.3 Å². The van der Waals surface area contributed by atoms with E-state index in [4.69, 9.17) is 0 Å². The monoisotopic (exact) mass is 168 g/mol. The highest BCUT2D eigenvalue weighted by atomic mass is 16.1. The zero-order valence-electron chi connectivity index (χ0n) is 7.80. The molecule has 0 unspecified atom stereocenters. The number of carbonyl (C=O) groups is 2. The number of hydrogen-bond acceptors (Lipinski definition) is 2. The van der Waals surface area contributed by atoms with Gasteiger partial charge in [-0.05, 0) is 18.8 Å². The van der Waals surface area contributed by atoms with Crippen molar-refractivity contribution in [1.29, 1.82) is 0 Å². The first kappa shape index (κ1) is 9.43. The predicted octanol–water partition coefficient (Wildman–Crippen LogP) is 1.97. The highest BCUT2D eigenvalue weighted by Crippen LogP contribution is 2.47. The van der Waals surface area contributed by atoms with Crippen LogP contribution in [0.25, 0.3) is 0 Å². The van der Waals surface area contributed by atoms with Crippen LogP contribution in [0.1, 0.15) is 39.5 Å². The highest BCUT2D eigenvalue weighted by molar-refractivity contribution is 5.94. The van der Waals surface area contributed by atoms with E-state index in [-0.39, 0.29) is 17.6 Å². The molecule has 0 aromatic carbocycles. The van der Waals surface area contributed by atoms with Gasteiger partial charge in [-0.3, -0.25) is 4.79 Å². The van der Waals surface area contributed by atoms with E-state index in [1.54, 1.807) is 0 Å². The van der Waals surface area contributed by atoms with E-state index < -0.39 is 0 Å². The Bertz CT molecular complexity index is 190. The molecule has 0 amide bonds. The van der Waals surface area contributed by atoms with E-state index in [1.165, 1.54) is 0 Å². The third kappa shape index (κ3) is 1.57. The summed E-state index contributed by atoms with van der Waals surface area (Å²) < 4.78 is 0. The molecule has 0 aliphatic heterocycles. The maximum absolute atomic E-state index is 11.4. The summed E-state index contributed by atoms with van der Waals surface area (Å²) >= 11 is 0. The third-order valence-electron chi connectivity index (χ3n) is 3.00. The minimum atomic E-state index is -0.165. The van der Waals surface area contributed by atoms with Gasteiger partial charge in [0.2, 0.25) is 0 Å². The summed E-state index contributed by atoms with van der Waals surface area (Å²) in [5, 5.41) is 0. The molecule has 1 fully saturated rings. The number of ketones is 1. The molecular formula is C10H16O2. The van der Waals surface area contributed by atoms with Crippen LogP contribution in [-0.2, 0) is 9.59 Å². The maximum Gasteiger partial charge on any atom is 0.145 e. The van der Waals surface area contributed by atoms with Gasteiger partial charge in [0.25, 0.3) is 0 Å². The van der Waals surface area contributed by atoms with Gasteiger partial charge in [0, 0.05) is 5.41 Å². The summed E-state index contributed by atoms with van der Waals surface area (Å²) in [5.74, 6) is 0.841. The zero-order valence-corrected chi connectivity index (χ0v) is 7.80. The number of hydrogen-bond donors (Lipinski definition) is 0. The summed E-state index contributed by atoms with van der Waals surface area (Å²) in [7, 11) is 0. The Hall–Kier alpha value is -0.660. The van der Waals surface area contributed by atoms with E-state index in [9.17, 15) is 9.59 Å². The molecule has 0 bridgehead atoms. The lowest BCUT2D eigenvalue weighted by molar-refractivity contribution is -0.136. The first-order valence-electron chi connectivity index (χ1n) is 4.59. The molecule has 1 rings (SSSR count). The van der Waals surface area contributed by atoms with Crippen LogP contribution in [0.3, 0.4) is 0 Å². The second-order valence-electron chi connectivity index (χ2n) is 4.04. The molecule has 2 nitrogen and oxygen atoms in total. The van der Waals surface area contributed by atoms with Crippen molar-refractivity contribution in [3.8, 4) is 0 Å². The van der Waals surface area contributed by atoms with Gasteiger partial charge in [-0.1, -0.05) is 20.3 Å². The van der Waals surface area contributed by atoms with Crippen LogP contribution in [-0.4, -0.2) is 12.1 Å². The predicted molar refractivity (Wildman–Crippen MR) is 46.8 cm³/mol. The third-order valence-corrected chi connectivity index (χ3v) is 3.00. The molecule has 0 spiro atoms. The molecule has 68 valence electrons. The van der Waals surface area contributed by atoms with Crippen molar-refractivity contribution in [2.45, 2.75) is 39.5 Å². The van der Waals surface area contributed by atoms with Crippen molar-refractivity contribution in [3.63, 3.8) is 0 Å². The van der Waals surface area contributed by atoms with Crippen molar-refractivity contribution in [3.05, 3.63) is 0 Å². The summed E-state index contributed by atoms with van der Waals surface area (Å²) in [6, 6.07) is 0. The summed E-state index contributed by atoms with van der Waals surface area (Å²) in [6.45, 7) is 4.12. The van der Waals surface area contributed by atoms with E-state index >= 15 is 0 Å². The van der Waals surface area contributed by atoms with Crippen molar-refractivity contribution >= 4 is 12.1 Å². The Morgan fingerprint density at radius 2 is 2.17 bits per heavy atom. The minimum absolute atomic E-state index is 0.104. The van der Waals surface area contributed by atoms with Crippen LogP contribution in [0.15, 0.2) is 0 Å². The molecule has 0 saturated heterocycles. The fourth-order valence-corrected chi connectivity index (χ4v) is 2.05. The molecule has 1 aliphatic rings. The van der Waals surface area contributed by atoms with Gasteiger partial charge < -0.3 is 4.79 Å². The van der Waals surface area contributed by atoms with Crippen molar-refractivity contribution in [1.82, 2.24) is 0 Å². The molecule has 0 aromatic rings. The van der Waals surface area contributed by atoms with E-state index in [2.05, 4.69) is 6.92 Å². The lowest BCUT2D eigenvalue weighted by atomic mass is 9.60. The normalized spacial score (nSPS) is 34.0. The van der Waals surface area contributed by atoms with Crippen molar-refractivity contribution < 1.29 is 9.59 Å². The molecule has 1 aliphatic carbocycles. The van der Waals surface area contributed by atoms with Gasteiger partial charge in [-0.25, -0.2) is 0 Å². The quantitative estimate of drug-likeness (QED) is 0.475. The Kier molecular flexibility index (Phi) is 2.65. The van der Waals surface area contributed by atoms with Gasteiger partial charge in [-0.15, -0.1) is 0 Å². The standard InChI is InChI=1S/C10H16O2/c1-3-8-6-10(2,7-8)9(12)4-5-11/h5,8H,3-4,6-7H2,1-2H3. The van der Waals surface area contributed by atoms with Crippen LogP contribution < -0.4 is 0 Å².